The number of hydrogen-bond acceptors (Lipinski definition) is 9. The van der Waals surface area contributed by atoms with Crippen molar-refractivity contribution in [1.82, 2.24) is 14.4 Å². The molecule has 39 heavy (non-hydrogen) atoms. The van der Waals surface area contributed by atoms with Gasteiger partial charge in [0.1, 0.15) is 22.2 Å². The number of aryl methyl sites for hydroxylation is 1. The summed E-state index contributed by atoms with van der Waals surface area (Å²) in [6.45, 7) is 4.79. The van der Waals surface area contributed by atoms with Gasteiger partial charge in [-0.3, -0.25) is 13.5 Å². The van der Waals surface area contributed by atoms with Gasteiger partial charge in [-0.25, -0.2) is 22.8 Å². The van der Waals surface area contributed by atoms with E-state index < -0.39 is 27.1 Å². The summed E-state index contributed by atoms with van der Waals surface area (Å²) in [7, 11) is -3.49. The Kier molecular flexibility index (Phi) is 6.52. The first-order chi connectivity index (χ1) is 18.7. The van der Waals surface area contributed by atoms with Crippen LogP contribution >= 0.6 is 11.3 Å². The van der Waals surface area contributed by atoms with Gasteiger partial charge < -0.3 is 14.7 Å². The molecule has 0 radical (unpaired) electrons. The summed E-state index contributed by atoms with van der Waals surface area (Å²) in [5.41, 5.74) is 2.49. The van der Waals surface area contributed by atoms with Gasteiger partial charge in [0.15, 0.2) is 0 Å². The molecular weight excluding hydrogens is 545 g/mol. The first-order valence-electron chi connectivity index (χ1n) is 12.5. The fourth-order valence-corrected chi connectivity index (χ4v) is 7.55. The molecule has 2 saturated heterocycles. The lowest BCUT2D eigenvalue weighted by molar-refractivity contribution is 0.122. The van der Waals surface area contributed by atoms with E-state index in [0.29, 0.717) is 67.6 Å². The molecule has 0 spiro atoms. The number of rotatable bonds is 5. The van der Waals surface area contributed by atoms with E-state index in [1.807, 2.05) is 13.0 Å². The van der Waals surface area contributed by atoms with Gasteiger partial charge in [0.25, 0.3) is 0 Å². The fraction of sp³-hybridized carbons (Fsp3) is 0.346. The third kappa shape index (κ3) is 4.74. The van der Waals surface area contributed by atoms with Crippen molar-refractivity contribution in [3.05, 3.63) is 68.8 Å². The Labute approximate surface area is 228 Å². The molecule has 0 unspecified atom stereocenters. The van der Waals surface area contributed by atoms with E-state index in [9.17, 15) is 22.7 Å². The van der Waals surface area contributed by atoms with Crippen molar-refractivity contribution in [3.8, 4) is 16.5 Å². The van der Waals surface area contributed by atoms with Crippen LogP contribution in [0.2, 0.25) is 0 Å². The summed E-state index contributed by atoms with van der Waals surface area (Å²) in [6, 6.07) is 6.08. The molecule has 204 valence electrons. The maximum atomic E-state index is 14.1. The first kappa shape index (κ1) is 25.7. The molecule has 0 atom stereocenters. The molecular formula is C26H26FN5O5S2. The average Bonchev–Trinajstić information content (AvgIpc) is 3.53. The second kappa shape index (κ2) is 9.88. The van der Waals surface area contributed by atoms with E-state index in [0.717, 1.165) is 16.1 Å². The predicted octanol–water partition coefficient (Wildman–Crippen LogP) is 2.94. The van der Waals surface area contributed by atoms with Crippen LogP contribution in [-0.2, 0) is 21.2 Å². The van der Waals surface area contributed by atoms with E-state index in [2.05, 4.69) is 14.9 Å². The Morgan fingerprint density at radius 1 is 1.18 bits per heavy atom. The molecule has 1 aromatic carbocycles. The van der Waals surface area contributed by atoms with Crippen molar-refractivity contribution in [1.29, 1.82) is 0 Å². The molecule has 0 aliphatic carbocycles. The lowest BCUT2D eigenvalue weighted by Gasteiger charge is -2.29. The Bertz CT molecular complexity index is 1750. The summed E-state index contributed by atoms with van der Waals surface area (Å²) in [4.78, 5) is 25.1. The van der Waals surface area contributed by atoms with Gasteiger partial charge in [-0.15, -0.1) is 11.3 Å². The lowest BCUT2D eigenvalue weighted by Crippen LogP contribution is -2.36. The minimum absolute atomic E-state index is 0.0312. The number of anilines is 2. The fourth-order valence-electron chi connectivity index (χ4n) is 5.04. The van der Waals surface area contributed by atoms with Crippen molar-refractivity contribution < 1.29 is 22.7 Å². The van der Waals surface area contributed by atoms with Crippen LogP contribution in [-0.4, -0.2) is 66.5 Å². The summed E-state index contributed by atoms with van der Waals surface area (Å²) in [5.74, 6) is -0.986. The van der Waals surface area contributed by atoms with Crippen LogP contribution in [0.15, 0.2) is 41.5 Å². The van der Waals surface area contributed by atoms with Crippen LogP contribution < -0.4 is 14.8 Å². The Morgan fingerprint density at radius 2 is 1.97 bits per heavy atom. The molecule has 13 heteroatoms. The van der Waals surface area contributed by atoms with Crippen LogP contribution in [0.1, 0.15) is 22.4 Å². The maximum Gasteiger partial charge on any atom is 0.300 e. The van der Waals surface area contributed by atoms with Crippen LogP contribution in [0.5, 0.6) is 5.75 Å². The zero-order valence-corrected chi connectivity index (χ0v) is 22.8. The molecule has 3 aromatic heterocycles. The van der Waals surface area contributed by atoms with Crippen molar-refractivity contribution in [2.24, 2.45) is 0 Å². The number of benzene rings is 1. The van der Waals surface area contributed by atoms with Gasteiger partial charge >= 0.3 is 5.56 Å². The molecule has 4 aromatic rings. The number of halogens is 1. The van der Waals surface area contributed by atoms with E-state index in [4.69, 9.17) is 4.74 Å². The number of pyridine rings is 1. The molecule has 0 amide bonds. The Hall–Kier alpha value is -3.55. The Balaban J connectivity index is 1.35. The highest BCUT2D eigenvalue weighted by atomic mass is 32.2. The first-order valence-corrected chi connectivity index (χ1v) is 15.0. The summed E-state index contributed by atoms with van der Waals surface area (Å²) < 4.78 is 47.1. The van der Waals surface area contributed by atoms with E-state index in [1.54, 1.807) is 18.5 Å². The summed E-state index contributed by atoms with van der Waals surface area (Å²) in [5, 5.41) is 11.2. The molecule has 2 aliphatic rings. The summed E-state index contributed by atoms with van der Waals surface area (Å²) >= 11 is 1.23. The normalized spacial score (nSPS) is 17.3. The number of morpholine rings is 1. The second-order valence-electron chi connectivity index (χ2n) is 9.61. The summed E-state index contributed by atoms with van der Waals surface area (Å²) in [6.07, 6.45) is 4.07. The van der Waals surface area contributed by atoms with E-state index >= 15 is 0 Å². The number of nitrogens with zero attached hydrogens (tertiary/aromatic N) is 5. The number of hydrogen-bond donors (Lipinski definition) is 1. The molecule has 0 saturated carbocycles. The van der Waals surface area contributed by atoms with Crippen LogP contribution in [0, 0.1) is 12.7 Å². The number of thiazole rings is 1. The average molecular weight is 572 g/mol. The highest BCUT2D eigenvalue weighted by Gasteiger charge is 2.30. The molecule has 2 fully saturated rings. The van der Waals surface area contributed by atoms with Gasteiger partial charge in [0, 0.05) is 43.3 Å². The highest BCUT2D eigenvalue weighted by molar-refractivity contribution is 7.93. The van der Waals surface area contributed by atoms with E-state index in [-0.39, 0.29) is 11.4 Å². The zero-order valence-electron chi connectivity index (χ0n) is 21.1. The van der Waals surface area contributed by atoms with Crippen molar-refractivity contribution >= 4 is 38.4 Å². The SMILES string of the molecule is Cc1cc(N2CCOCC2)cn2c(=O)c(O)c(-c3ncc(Cc4ccc(F)cc4N4CCCS4(=O)=O)s3)nc12. The highest BCUT2D eigenvalue weighted by Crippen LogP contribution is 2.34. The molecule has 6 rings (SSSR count). The van der Waals surface area contributed by atoms with Crippen LogP contribution in [0.4, 0.5) is 15.8 Å². The van der Waals surface area contributed by atoms with E-state index in [1.165, 1.54) is 32.2 Å². The van der Waals surface area contributed by atoms with Crippen molar-refractivity contribution in [3.63, 3.8) is 0 Å². The predicted molar refractivity (Wildman–Crippen MR) is 147 cm³/mol. The zero-order chi connectivity index (χ0) is 27.3. The third-order valence-electron chi connectivity index (χ3n) is 6.98. The topological polar surface area (TPSA) is 117 Å². The minimum atomic E-state index is -3.49. The standard InChI is InChI=1S/C26H26FN5O5S2/c1-16-11-19(30-6-8-37-9-7-30)15-31-24(16)29-22(23(33)26(31)34)25-28-14-20(38-25)12-17-3-4-18(27)13-21(17)32-5-2-10-39(32,35)36/h3-4,11,13-15,33H,2,5-10,12H2,1H3. The number of sulfonamides is 1. The van der Waals surface area contributed by atoms with Crippen LogP contribution in [0.3, 0.4) is 0 Å². The smallest absolute Gasteiger partial charge is 0.300 e. The number of aromatic hydroxyl groups is 1. The van der Waals surface area contributed by atoms with Gasteiger partial charge in [-0.1, -0.05) is 6.07 Å². The minimum Gasteiger partial charge on any atom is -0.501 e. The molecule has 2 aliphatic heterocycles. The molecule has 0 bridgehead atoms. The third-order valence-corrected chi connectivity index (χ3v) is 9.84. The van der Waals surface area contributed by atoms with Gasteiger partial charge in [0.05, 0.1) is 30.3 Å². The van der Waals surface area contributed by atoms with Gasteiger partial charge in [-0.05, 0) is 42.7 Å². The van der Waals surface area contributed by atoms with Crippen molar-refractivity contribution in [2.45, 2.75) is 19.8 Å². The molecule has 1 N–H and O–H groups in total. The number of fused-ring (bicyclic) bond motifs is 1. The number of ether oxygens (including phenoxy) is 1. The van der Waals surface area contributed by atoms with Crippen LogP contribution in [0.25, 0.3) is 16.3 Å². The quantitative estimate of drug-likeness (QED) is 0.389. The van der Waals surface area contributed by atoms with Gasteiger partial charge in [0.2, 0.25) is 15.8 Å². The second-order valence-corrected chi connectivity index (χ2v) is 12.7. The van der Waals surface area contributed by atoms with Gasteiger partial charge in [-0.2, -0.15) is 0 Å². The lowest BCUT2D eigenvalue weighted by atomic mass is 10.1. The number of aromatic nitrogens is 3. The monoisotopic (exact) mass is 571 g/mol. The van der Waals surface area contributed by atoms with Crippen molar-refractivity contribution in [2.75, 3.05) is 47.8 Å². The maximum absolute atomic E-state index is 14.1. The Morgan fingerprint density at radius 3 is 2.72 bits per heavy atom. The largest absolute Gasteiger partial charge is 0.501 e. The molecule has 5 heterocycles. The molecule has 10 nitrogen and oxygen atoms in total.